The van der Waals surface area contributed by atoms with E-state index in [1.807, 2.05) is 23.6 Å². The van der Waals surface area contributed by atoms with Crippen LogP contribution in [0.15, 0.2) is 46.9 Å². The fourth-order valence-electron chi connectivity index (χ4n) is 3.44. The molecular formula is C19H22N4O2S2. The Kier molecular flexibility index (Phi) is 5.12. The first-order valence-electron chi connectivity index (χ1n) is 9.12. The molecule has 0 N–H and O–H groups in total. The molecule has 0 atom stereocenters. The van der Waals surface area contributed by atoms with Crippen LogP contribution in [0.25, 0.3) is 10.2 Å². The Labute approximate surface area is 163 Å². The number of sulfonamides is 1. The molecule has 0 bridgehead atoms. The summed E-state index contributed by atoms with van der Waals surface area (Å²) in [5.41, 5.74) is 1.17. The first-order valence-corrected chi connectivity index (χ1v) is 11.4. The van der Waals surface area contributed by atoms with Gasteiger partial charge in [-0.05, 0) is 35.6 Å². The van der Waals surface area contributed by atoms with Gasteiger partial charge in [0.1, 0.15) is 17.0 Å². The van der Waals surface area contributed by atoms with Gasteiger partial charge in [-0.25, -0.2) is 18.4 Å². The van der Waals surface area contributed by atoms with E-state index in [4.69, 9.17) is 0 Å². The fourth-order valence-corrected chi connectivity index (χ4v) is 5.58. The summed E-state index contributed by atoms with van der Waals surface area (Å²) in [5.74, 6) is 0.891. The second-order valence-corrected chi connectivity index (χ2v) is 9.45. The van der Waals surface area contributed by atoms with E-state index in [2.05, 4.69) is 21.8 Å². The van der Waals surface area contributed by atoms with Crippen molar-refractivity contribution in [3.05, 3.63) is 47.6 Å². The van der Waals surface area contributed by atoms with Crippen molar-refractivity contribution in [2.45, 2.75) is 24.7 Å². The van der Waals surface area contributed by atoms with Gasteiger partial charge >= 0.3 is 0 Å². The number of hydrogen-bond acceptors (Lipinski definition) is 6. The van der Waals surface area contributed by atoms with E-state index >= 15 is 0 Å². The highest BCUT2D eigenvalue weighted by Crippen LogP contribution is 2.28. The molecule has 1 aliphatic rings. The molecule has 3 aromatic rings. The number of aromatic nitrogens is 2. The summed E-state index contributed by atoms with van der Waals surface area (Å²) in [4.78, 5) is 12.2. The molecule has 0 spiro atoms. The van der Waals surface area contributed by atoms with Crippen LogP contribution in [-0.2, 0) is 16.4 Å². The summed E-state index contributed by atoms with van der Waals surface area (Å²) < 4.78 is 27.5. The number of nitrogens with zero attached hydrogens (tertiary/aromatic N) is 4. The fraction of sp³-hybridized carbons (Fsp3) is 0.368. The molecule has 0 unspecified atom stereocenters. The lowest BCUT2D eigenvalue weighted by Gasteiger charge is -2.34. The first-order chi connectivity index (χ1) is 13.1. The molecule has 2 aromatic heterocycles. The zero-order valence-electron chi connectivity index (χ0n) is 15.2. The van der Waals surface area contributed by atoms with Gasteiger partial charge in [-0.3, -0.25) is 0 Å². The predicted octanol–water partition coefficient (Wildman–Crippen LogP) is 3.15. The lowest BCUT2D eigenvalue weighted by Crippen LogP contribution is -2.49. The van der Waals surface area contributed by atoms with Crippen LogP contribution in [0, 0.1) is 0 Å². The van der Waals surface area contributed by atoms with E-state index in [1.165, 1.54) is 5.56 Å². The van der Waals surface area contributed by atoms with Crippen molar-refractivity contribution >= 4 is 37.4 Å². The maximum absolute atomic E-state index is 13.0. The first kappa shape index (κ1) is 18.3. The van der Waals surface area contributed by atoms with Crippen molar-refractivity contribution in [3.63, 3.8) is 0 Å². The van der Waals surface area contributed by atoms with Gasteiger partial charge in [0.05, 0.1) is 10.3 Å². The van der Waals surface area contributed by atoms with Gasteiger partial charge in [0.2, 0.25) is 10.0 Å². The third-order valence-corrected chi connectivity index (χ3v) is 7.61. The predicted molar refractivity (Wildman–Crippen MR) is 109 cm³/mol. The summed E-state index contributed by atoms with van der Waals surface area (Å²) in [5, 5.41) is 3.04. The molecule has 3 heterocycles. The van der Waals surface area contributed by atoms with Gasteiger partial charge in [-0.1, -0.05) is 25.5 Å². The van der Waals surface area contributed by atoms with Crippen molar-refractivity contribution in [2.24, 2.45) is 0 Å². The van der Waals surface area contributed by atoms with Gasteiger partial charge in [-0.2, -0.15) is 4.31 Å². The zero-order chi connectivity index (χ0) is 18.9. The maximum Gasteiger partial charge on any atom is 0.243 e. The maximum atomic E-state index is 13.0. The lowest BCUT2D eigenvalue weighted by atomic mass is 10.1. The molecule has 6 nitrogen and oxygen atoms in total. The van der Waals surface area contributed by atoms with Crippen LogP contribution in [0.2, 0.25) is 0 Å². The molecule has 142 valence electrons. The van der Waals surface area contributed by atoms with E-state index in [0.717, 1.165) is 28.9 Å². The number of aryl methyl sites for hydroxylation is 1. The molecule has 1 fully saturated rings. The SMILES string of the molecule is CCCc1ccc(S(=O)(=O)N2CCN(c3ncnc4sccc34)CC2)cc1. The molecule has 1 saturated heterocycles. The second kappa shape index (κ2) is 7.53. The van der Waals surface area contributed by atoms with Crippen LogP contribution in [-0.4, -0.2) is 48.9 Å². The number of benzene rings is 1. The van der Waals surface area contributed by atoms with E-state index in [1.54, 1.807) is 34.1 Å². The molecule has 4 rings (SSSR count). The molecule has 0 amide bonds. The largest absolute Gasteiger partial charge is 0.353 e. The Morgan fingerprint density at radius 1 is 1.04 bits per heavy atom. The third kappa shape index (κ3) is 3.56. The summed E-state index contributed by atoms with van der Waals surface area (Å²) in [6.07, 6.45) is 3.60. The van der Waals surface area contributed by atoms with Gasteiger partial charge in [0.25, 0.3) is 0 Å². The summed E-state index contributed by atoms with van der Waals surface area (Å²) in [6, 6.07) is 9.32. The van der Waals surface area contributed by atoms with E-state index in [9.17, 15) is 8.42 Å². The number of hydrogen-bond donors (Lipinski definition) is 0. The van der Waals surface area contributed by atoms with Crippen LogP contribution in [0.1, 0.15) is 18.9 Å². The van der Waals surface area contributed by atoms with Crippen LogP contribution >= 0.6 is 11.3 Å². The lowest BCUT2D eigenvalue weighted by molar-refractivity contribution is 0.384. The van der Waals surface area contributed by atoms with Crippen LogP contribution in [0.4, 0.5) is 5.82 Å². The van der Waals surface area contributed by atoms with Crippen molar-refractivity contribution in [1.82, 2.24) is 14.3 Å². The Morgan fingerprint density at radius 2 is 1.78 bits per heavy atom. The number of piperazine rings is 1. The normalized spacial score (nSPS) is 16.1. The third-order valence-electron chi connectivity index (χ3n) is 4.88. The average molecular weight is 403 g/mol. The molecule has 0 aliphatic carbocycles. The number of rotatable bonds is 5. The average Bonchev–Trinajstić information content (AvgIpc) is 3.18. The van der Waals surface area contributed by atoms with Gasteiger partial charge in [-0.15, -0.1) is 11.3 Å². The zero-order valence-corrected chi connectivity index (χ0v) is 16.8. The topological polar surface area (TPSA) is 66.4 Å². The highest BCUT2D eigenvalue weighted by molar-refractivity contribution is 7.89. The number of anilines is 1. The number of thiophene rings is 1. The van der Waals surface area contributed by atoms with E-state index in [-0.39, 0.29) is 0 Å². The van der Waals surface area contributed by atoms with Crippen LogP contribution in [0.5, 0.6) is 0 Å². The van der Waals surface area contributed by atoms with Crippen molar-refractivity contribution in [2.75, 3.05) is 31.1 Å². The molecule has 1 aromatic carbocycles. The molecule has 1 aliphatic heterocycles. The minimum Gasteiger partial charge on any atom is -0.353 e. The summed E-state index contributed by atoms with van der Waals surface area (Å²) in [7, 11) is -3.46. The molecule has 0 radical (unpaired) electrons. The quantitative estimate of drug-likeness (QED) is 0.656. The smallest absolute Gasteiger partial charge is 0.243 e. The molecular weight excluding hydrogens is 380 g/mol. The minimum atomic E-state index is -3.46. The Balaban J connectivity index is 1.49. The standard InChI is InChI=1S/C19H22N4O2S2/c1-2-3-15-4-6-16(7-5-15)27(24,25)23-11-9-22(10-12-23)18-17-8-13-26-19(17)21-14-20-18/h4-8,13-14H,2-3,9-12H2,1H3. The highest BCUT2D eigenvalue weighted by atomic mass is 32.2. The van der Waals surface area contributed by atoms with Crippen molar-refractivity contribution in [3.8, 4) is 0 Å². The second-order valence-electron chi connectivity index (χ2n) is 6.62. The van der Waals surface area contributed by atoms with E-state index in [0.29, 0.717) is 31.1 Å². The van der Waals surface area contributed by atoms with Crippen LogP contribution < -0.4 is 4.90 Å². The van der Waals surface area contributed by atoms with Crippen LogP contribution in [0.3, 0.4) is 0 Å². The minimum absolute atomic E-state index is 0.373. The summed E-state index contributed by atoms with van der Waals surface area (Å²) in [6.45, 7) is 4.26. The summed E-state index contributed by atoms with van der Waals surface area (Å²) >= 11 is 1.59. The highest BCUT2D eigenvalue weighted by Gasteiger charge is 2.29. The monoisotopic (exact) mass is 402 g/mol. The van der Waals surface area contributed by atoms with Crippen molar-refractivity contribution < 1.29 is 8.42 Å². The molecule has 8 heteroatoms. The van der Waals surface area contributed by atoms with E-state index < -0.39 is 10.0 Å². The number of fused-ring (bicyclic) bond motifs is 1. The molecule has 27 heavy (non-hydrogen) atoms. The Bertz CT molecular complexity index is 1020. The van der Waals surface area contributed by atoms with Gasteiger partial charge < -0.3 is 4.90 Å². The Hall–Kier alpha value is -2.03. The Morgan fingerprint density at radius 3 is 2.48 bits per heavy atom. The van der Waals surface area contributed by atoms with Crippen molar-refractivity contribution in [1.29, 1.82) is 0 Å². The van der Waals surface area contributed by atoms with Gasteiger partial charge in [0.15, 0.2) is 0 Å². The van der Waals surface area contributed by atoms with Gasteiger partial charge in [0, 0.05) is 26.2 Å². The molecule has 0 saturated carbocycles.